The number of hydrogen-bond donors (Lipinski definition) is 1. The number of Topliss-reactive ketones (excluding diaryl/α,β-unsaturated/α-hetero) is 1. The van der Waals surface area contributed by atoms with E-state index in [0.29, 0.717) is 5.56 Å². The average molecular weight is 312 g/mol. The number of benzene rings is 2. The van der Waals surface area contributed by atoms with Crippen molar-refractivity contribution in [3.63, 3.8) is 0 Å². The minimum Gasteiger partial charge on any atom is -0.508 e. The smallest absolute Gasteiger partial charge is 0.338 e. The molecule has 0 aliphatic rings. The molecule has 0 amide bonds. The van der Waals surface area contributed by atoms with E-state index in [9.17, 15) is 14.7 Å². The Morgan fingerprint density at radius 1 is 1.00 bits per heavy atom. The molecule has 1 N–H and O–H groups in total. The fourth-order valence-corrected chi connectivity index (χ4v) is 2.63. The van der Waals surface area contributed by atoms with E-state index < -0.39 is 5.97 Å². The Balaban J connectivity index is 2.15. The highest BCUT2D eigenvalue weighted by atomic mass is 16.5. The number of phenolic OH excluding ortho intramolecular Hbond substituents is 1. The second-order valence-corrected chi connectivity index (χ2v) is 5.69. The van der Waals surface area contributed by atoms with E-state index in [4.69, 9.17) is 4.74 Å². The van der Waals surface area contributed by atoms with E-state index in [-0.39, 0.29) is 23.7 Å². The molecule has 0 radical (unpaired) electrons. The first-order valence-electron chi connectivity index (χ1n) is 7.38. The van der Waals surface area contributed by atoms with Crippen LogP contribution in [-0.2, 0) is 4.74 Å². The van der Waals surface area contributed by atoms with Crippen LogP contribution < -0.4 is 0 Å². The molecule has 23 heavy (non-hydrogen) atoms. The fourth-order valence-electron chi connectivity index (χ4n) is 2.63. The molecule has 2 rings (SSSR count). The molecule has 2 aromatic carbocycles. The predicted molar refractivity (Wildman–Crippen MR) is 88.1 cm³/mol. The Kier molecular flexibility index (Phi) is 4.84. The van der Waals surface area contributed by atoms with Crippen LogP contribution in [0.4, 0.5) is 0 Å². The number of carbonyl (C=O) groups is 2. The second kappa shape index (κ2) is 6.65. The maximum Gasteiger partial charge on any atom is 0.338 e. The van der Waals surface area contributed by atoms with Gasteiger partial charge in [-0.15, -0.1) is 0 Å². The van der Waals surface area contributed by atoms with Crippen LogP contribution in [0.1, 0.15) is 43.0 Å². The van der Waals surface area contributed by atoms with Crippen molar-refractivity contribution in [2.75, 3.05) is 6.61 Å². The van der Waals surface area contributed by atoms with Gasteiger partial charge >= 0.3 is 5.97 Å². The lowest BCUT2D eigenvalue weighted by Gasteiger charge is -2.14. The number of carbonyl (C=O) groups excluding carboxylic acids is 2. The van der Waals surface area contributed by atoms with Crippen LogP contribution in [0.2, 0.25) is 0 Å². The Hall–Kier alpha value is -2.62. The highest BCUT2D eigenvalue weighted by Gasteiger charge is 2.17. The summed E-state index contributed by atoms with van der Waals surface area (Å²) in [6.07, 6.45) is 0. The molecule has 2 aromatic rings. The minimum absolute atomic E-state index is 0.0216. The minimum atomic E-state index is -0.631. The summed E-state index contributed by atoms with van der Waals surface area (Å²) in [5.41, 5.74) is 4.82. The summed E-state index contributed by atoms with van der Waals surface area (Å²) in [6, 6.07) is 7.81. The van der Waals surface area contributed by atoms with Crippen molar-refractivity contribution in [1.29, 1.82) is 0 Å². The molecule has 0 saturated carbocycles. The number of rotatable bonds is 4. The van der Waals surface area contributed by atoms with Gasteiger partial charge in [-0.05, 0) is 68.1 Å². The zero-order valence-corrected chi connectivity index (χ0v) is 13.8. The van der Waals surface area contributed by atoms with Gasteiger partial charge in [0.2, 0.25) is 5.78 Å². The van der Waals surface area contributed by atoms with Crippen molar-refractivity contribution >= 4 is 11.8 Å². The fraction of sp³-hybridized carbons (Fsp3) is 0.263. The molecule has 0 unspecified atom stereocenters. The molecule has 120 valence electrons. The van der Waals surface area contributed by atoms with Gasteiger partial charge in [0, 0.05) is 5.56 Å². The third-order valence-corrected chi connectivity index (χ3v) is 4.05. The van der Waals surface area contributed by atoms with E-state index in [1.807, 2.05) is 33.8 Å². The molecule has 0 atom stereocenters. The van der Waals surface area contributed by atoms with Crippen molar-refractivity contribution in [2.45, 2.75) is 27.7 Å². The average Bonchev–Trinajstić information content (AvgIpc) is 2.50. The number of ketones is 1. The maximum atomic E-state index is 12.4. The van der Waals surface area contributed by atoms with Crippen LogP contribution in [-0.4, -0.2) is 23.5 Å². The first-order valence-corrected chi connectivity index (χ1v) is 7.38. The molecule has 0 fully saturated rings. The molecule has 0 aliphatic heterocycles. The van der Waals surface area contributed by atoms with Crippen molar-refractivity contribution in [3.05, 3.63) is 63.7 Å². The van der Waals surface area contributed by atoms with Crippen LogP contribution in [0, 0.1) is 27.7 Å². The largest absolute Gasteiger partial charge is 0.508 e. The van der Waals surface area contributed by atoms with E-state index in [0.717, 1.165) is 22.3 Å². The summed E-state index contributed by atoms with van der Waals surface area (Å²) >= 11 is 0. The number of aromatic hydroxyl groups is 1. The van der Waals surface area contributed by atoms with Gasteiger partial charge in [-0.25, -0.2) is 4.79 Å². The lowest BCUT2D eigenvalue weighted by atomic mass is 9.92. The molecule has 0 bridgehead atoms. The Labute approximate surface area is 135 Å². The maximum absolute atomic E-state index is 12.4. The lowest BCUT2D eigenvalue weighted by molar-refractivity contribution is 0.0474. The van der Waals surface area contributed by atoms with Gasteiger partial charge < -0.3 is 9.84 Å². The molecular formula is C19H20O4. The van der Waals surface area contributed by atoms with E-state index in [2.05, 4.69) is 0 Å². The number of hydrogen-bond acceptors (Lipinski definition) is 4. The van der Waals surface area contributed by atoms with Crippen molar-refractivity contribution < 1.29 is 19.4 Å². The van der Waals surface area contributed by atoms with Crippen LogP contribution >= 0.6 is 0 Å². The van der Waals surface area contributed by atoms with E-state index in [1.165, 1.54) is 18.2 Å². The van der Waals surface area contributed by atoms with Crippen LogP contribution in [0.15, 0.2) is 30.3 Å². The molecule has 0 heterocycles. The highest BCUT2D eigenvalue weighted by Crippen LogP contribution is 2.22. The van der Waals surface area contributed by atoms with Gasteiger partial charge in [0.05, 0.1) is 5.56 Å². The quantitative estimate of drug-likeness (QED) is 0.691. The number of esters is 1. The summed E-state index contributed by atoms with van der Waals surface area (Å²) in [7, 11) is 0. The third-order valence-electron chi connectivity index (χ3n) is 4.05. The SMILES string of the molecule is Cc1cc(C)c(C(=O)COC(=O)c2cccc(O)c2)c(C)c1C. The number of ether oxygens (including phenoxy) is 1. The Morgan fingerprint density at radius 3 is 2.35 bits per heavy atom. The zero-order valence-electron chi connectivity index (χ0n) is 13.8. The predicted octanol–water partition coefficient (Wildman–Crippen LogP) is 3.67. The molecule has 4 heteroatoms. The second-order valence-electron chi connectivity index (χ2n) is 5.69. The van der Waals surface area contributed by atoms with Gasteiger partial charge in [-0.1, -0.05) is 12.1 Å². The summed E-state index contributed by atoms with van der Waals surface area (Å²) in [5, 5.41) is 9.37. The van der Waals surface area contributed by atoms with E-state index in [1.54, 1.807) is 6.07 Å². The third kappa shape index (κ3) is 3.59. The standard InChI is InChI=1S/C19H20O4/c1-11-8-12(2)18(14(4)13(11)3)17(21)10-23-19(22)15-6-5-7-16(20)9-15/h5-9,20H,10H2,1-4H3. The molecule has 0 aromatic heterocycles. The first-order chi connectivity index (χ1) is 10.8. The number of phenols is 1. The van der Waals surface area contributed by atoms with Crippen LogP contribution in [0.5, 0.6) is 5.75 Å². The highest BCUT2D eigenvalue weighted by molar-refractivity contribution is 6.01. The molecule has 4 nitrogen and oxygen atoms in total. The molecule has 0 spiro atoms. The summed E-state index contributed by atoms with van der Waals surface area (Å²) in [4.78, 5) is 24.4. The van der Waals surface area contributed by atoms with Gasteiger partial charge in [0.1, 0.15) is 5.75 Å². The first kappa shape index (κ1) is 16.7. The van der Waals surface area contributed by atoms with Crippen LogP contribution in [0.25, 0.3) is 0 Å². The lowest BCUT2D eigenvalue weighted by Crippen LogP contribution is -2.17. The van der Waals surface area contributed by atoms with Crippen molar-refractivity contribution in [3.8, 4) is 5.75 Å². The van der Waals surface area contributed by atoms with Crippen molar-refractivity contribution in [1.82, 2.24) is 0 Å². The van der Waals surface area contributed by atoms with Crippen molar-refractivity contribution in [2.24, 2.45) is 0 Å². The van der Waals surface area contributed by atoms with Gasteiger partial charge in [0.25, 0.3) is 0 Å². The Morgan fingerprint density at radius 2 is 1.70 bits per heavy atom. The topological polar surface area (TPSA) is 63.6 Å². The van der Waals surface area contributed by atoms with Gasteiger partial charge in [-0.2, -0.15) is 0 Å². The molecule has 0 aliphatic carbocycles. The summed E-state index contributed by atoms with van der Waals surface area (Å²) in [5.74, 6) is -0.878. The van der Waals surface area contributed by atoms with Crippen LogP contribution in [0.3, 0.4) is 0 Å². The summed E-state index contributed by atoms with van der Waals surface area (Å²) < 4.78 is 5.08. The van der Waals surface area contributed by atoms with Gasteiger partial charge in [-0.3, -0.25) is 4.79 Å². The Bertz CT molecular complexity index is 775. The monoisotopic (exact) mass is 312 g/mol. The zero-order chi connectivity index (χ0) is 17.1. The summed E-state index contributed by atoms with van der Waals surface area (Å²) in [6.45, 7) is 7.44. The number of aryl methyl sites for hydroxylation is 2. The molecular weight excluding hydrogens is 292 g/mol. The van der Waals surface area contributed by atoms with E-state index >= 15 is 0 Å². The normalized spacial score (nSPS) is 10.4. The molecule has 0 saturated heterocycles. The van der Waals surface area contributed by atoms with Gasteiger partial charge in [0.15, 0.2) is 6.61 Å².